The van der Waals surface area contributed by atoms with Crippen molar-refractivity contribution in [1.29, 1.82) is 0 Å². The molecule has 0 saturated carbocycles. The zero-order valence-corrected chi connectivity index (χ0v) is 15.3. The first-order valence-corrected chi connectivity index (χ1v) is 8.45. The van der Waals surface area contributed by atoms with Gasteiger partial charge >= 0.3 is 6.03 Å². The molecule has 3 aromatic rings. The van der Waals surface area contributed by atoms with Crippen LogP contribution < -0.4 is 10.7 Å². The Kier molecular flexibility index (Phi) is 5.50. The first kappa shape index (κ1) is 18.8. The third kappa shape index (κ3) is 4.42. The summed E-state index contributed by atoms with van der Waals surface area (Å²) in [5, 5.41) is 17.7. The number of hydrogen-bond acceptors (Lipinski definition) is 5. The second kappa shape index (κ2) is 8.17. The SMILES string of the molecule is Cc1cc(-c2ccc(/C=N\NC(=O)Nc3ccccc3)o2)c(C)c([N+](=O)[O-])c1. The van der Waals surface area contributed by atoms with Gasteiger partial charge in [0.05, 0.1) is 11.1 Å². The van der Waals surface area contributed by atoms with E-state index in [-0.39, 0.29) is 5.69 Å². The van der Waals surface area contributed by atoms with Gasteiger partial charge in [0.15, 0.2) is 0 Å². The molecule has 0 saturated heterocycles. The molecule has 2 N–H and O–H groups in total. The molecular weight excluding hydrogens is 360 g/mol. The molecule has 0 aliphatic heterocycles. The number of hydrazone groups is 1. The predicted octanol–water partition coefficient (Wildman–Crippen LogP) is 4.63. The van der Waals surface area contributed by atoms with Gasteiger partial charge in [-0.15, -0.1) is 0 Å². The number of carbonyl (C=O) groups is 1. The zero-order chi connectivity index (χ0) is 20.1. The van der Waals surface area contributed by atoms with Gasteiger partial charge in [-0.25, -0.2) is 10.2 Å². The first-order chi connectivity index (χ1) is 13.4. The summed E-state index contributed by atoms with van der Waals surface area (Å²) in [6.45, 7) is 3.47. The minimum Gasteiger partial charge on any atom is -0.455 e. The number of nitro groups is 1. The van der Waals surface area contributed by atoms with Crippen molar-refractivity contribution in [2.75, 3.05) is 5.32 Å². The molecule has 0 aliphatic rings. The molecule has 0 bridgehead atoms. The lowest BCUT2D eigenvalue weighted by atomic mass is 10.0. The van der Waals surface area contributed by atoms with Crippen molar-refractivity contribution in [2.24, 2.45) is 5.10 Å². The number of urea groups is 1. The number of nitro benzene ring substituents is 1. The van der Waals surface area contributed by atoms with E-state index < -0.39 is 11.0 Å². The number of nitrogens with zero attached hydrogens (tertiary/aromatic N) is 2. The van der Waals surface area contributed by atoms with Crippen LogP contribution in [0.1, 0.15) is 16.9 Å². The molecule has 1 heterocycles. The highest BCUT2D eigenvalue weighted by Gasteiger charge is 2.18. The summed E-state index contributed by atoms with van der Waals surface area (Å²) in [5.41, 5.74) is 4.96. The van der Waals surface area contributed by atoms with Crippen LogP contribution in [0.25, 0.3) is 11.3 Å². The van der Waals surface area contributed by atoms with Gasteiger partial charge in [-0.3, -0.25) is 10.1 Å². The number of para-hydroxylation sites is 1. The molecule has 0 fully saturated rings. The Morgan fingerprint density at radius 2 is 1.89 bits per heavy atom. The molecule has 8 heteroatoms. The second-order valence-electron chi connectivity index (χ2n) is 6.11. The van der Waals surface area contributed by atoms with Crippen molar-refractivity contribution in [3.8, 4) is 11.3 Å². The fourth-order valence-corrected chi connectivity index (χ4v) is 2.69. The monoisotopic (exact) mass is 378 g/mol. The summed E-state index contributed by atoms with van der Waals surface area (Å²) in [6, 6.07) is 15.2. The maximum absolute atomic E-state index is 11.8. The topological polar surface area (TPSA) is 110 Å². The van der Waals surface area contributed by atoms with Crippen LogP contribution in [0.3, 0.4) is 0 Å². The van der Waals surface area contributed by atoms with Gasteiger partial charge in [-0.05, 0) is 49.7 Å². The molecule has 0 atom stereocenters. The Bertz CT molecular complexity index is 1040. The lowest BCUT2D eigenvalue weighted by Crippen LogP contribution is -2.24. The summed E-state index contributed by atoms with van der Waals surface area (Å²) >= 11 is 0. The first-order valence-electron chi connectivity index (χ1n) is 8.45. The molecule has 8 nitrogen and oxygen atoms in total. The van der Waals surface area contributed by atoms with Gasteiger partial charge in [0.1, 0.15) is 11.5 Å². The molecular formula is C20H18N4O4. The summed E-state index contributed by atoms with van der Waals surface area (Å²) < 4.78 is 5.70. The lowest BCUT2D eigenvalue weighted by molar-refractivity contribution is -0.385. The van der Waals surface area contributed by atoms with Crippen LogP contribution in [-0.4, -0.2) is 17.2 Å². The number of amides is 2. The number of hydrogen-bond donors (Lipinski definition) is 2. The number of nitrogens with one attached hydrogen (secondary N) is 2. The largest absolute Gasteiger partial charge is 0.455 e. The molecule has 3 rings (SSSR count). The molecule has 0 radical (unpaired) electrons. The van der Waals surface area contributed by atoms with Crippen LogP contribution in [0.2, 0.25) is 0 Å². The highest BCUT2D eigenvalue weighted by Crippen LogP contribution is 2.32. The van der Waals surface area contributed by atoms with Crippen LogP contribution in [0.15, 0.2) is 64.1 Å². The van der Waals surface area contributed by atoms with E-state index in [1.165, 1.54) is 12.3 Å². The average molecular weight is 378 g/mol. The standard InChI is InChI=1S/C20H18N4O4/c1-13-10-17(14(2)18(11-13)24(26)27)19-9-8-16(28-19)12-21-23-20(25)22-15-6-4-3-5-7-15/h3-12H,1-2H3,(H2,22,23,25)/b21-12-. The fourth-order valence-electron chi connectivity index (χ4n) is 2.69. The predicted molar refractivity (Wildman–Crippen MR) is 106 cm³/mol. The Morgan fingerprint density at radius 3 is 2.61 bits per heavy atom. The fraction of sp³-hybridized carbons (Fsp3) is 0.100. The van der Waals surface area contributed by atoms with E-state index in [0.717, 1.165) is 5.56 Å². The lowest BCUT2D eigenvalue weighted by Gasteiger charge is -2.05. The van der Waals surface area contributed by atoms with E-state index >= 15 is 0 Å². The second-order valence-corrected chi connectivity index (χ2v) is 6.11. The van der Waals surface area contributed by atoms with Gasteiger partial charge in [0.2, 0.25) is 0 Å². The van der Waals surface area contributed by atoms with E-state index in [1.807, 2.05) is 12.1 Å². The number of anilines is 1. The van der Waals surface area contributed by atoms with Crippen LogP contribution in [-0.2, 0) is 0 Å². The Balaban J connectivity index is 1.70. The van der Waals surface area contributed by atoms with Crippen molar-refractivity contribution in [3.63, 3.8) is 0 Å². The van der Waals surface area contributed by atoms with Gasteiger partial charge in [-0.1, -0.05) is 18.2 Å². The maximum Gasteiger partial charge on any atom is 0.339 e. The smallest absolute Gasteiger partial charge is 0.339 e. The Morgan fingerprint density at radius 1 is 1.14 bits per heavy atom. The maximum atomic E-state index is 11.8. The minimum atomic E-state index is -0.487. The highest BCUT2D eigenvalue weighted by molar-refractivity contribution is 5.90. The third-order valence-corrected chi connectivity index (χ3v) is 4.00. The highest BCUT2D eigenvalue weighted by atomic mass is 16.6. The number of aryl methyl sites for hydroxylation is 1. The third-order valence-electron chi connectivity index (χ3n) is 4.00. The Labute approximate surface area is 161 Å². The summed E-state index contributed by atoms with van der Waals surface area (Å²) in [7, 11) is 0. The van der Waals surface area contributed by atoms with Crippen molar-refractivity contribution in [1.82, 2.24) is 5.43 Å². The van der Waals surface area contributed by atoms with Gasteiger partial charge in [0, 0.05) is 22.9 Å². The van der Waals surface area contributed by atoms with Crippen molar-refractivity contribution >= 4 is 23.6 Å². The minimum absolute atomic E-state index is 0.0425. The number of benzene rings is 2. The van der Waals surface area contributed by atoms with Crippen LogP contribution in [0.5, 0.6) is 0 Å². The van der Waals surface area contributed by atoms with E-state index in [4.69, 9.17) is 4.42 Å². The van der Waals surface area contributed by atoms with Crippen molar-refractivity contribution < 1.29 is 14.1 Å². The summed E-state index contributed by atoms with van der Waals surface area (Å²) in [5.74, 6) is 0.887. The average Bonchev–Trinajstić information content (AvgIpc) is 3.12. The zero-order valence-electron chi connectivity index (χ0n) is 15.3. The van der Waals surface area contributed by atoms with E-state index in [1.54, 1.807) is 50.2 Å². The van der Waals surface area contributed by atoms with Gasteiger partial charge < -0.3 is 9.73 Å². The molecule has 28 heavy (non-hydrogen) atoms. The van der Waals surface area contributed by atoms with E-state index in [9.17, 15) is 14.9 Å². The number of furan rings is 1. The van der Waals surface area contributed by atoms with E-state index in [0.29, 0.717) is 28.3 Å². The van der Waals surface area contributed by atoms with Crippen LogP contribution in [0.4, 0.5) is 16.2 Å². The molecule has 142 valence electrons. The van der Waals surface area contributed by atoms with Gasteiger partial charge in [-0.2, -0.15) is 5.10 Å². The van der Waals surface area contributed by atoms with Crippen molar-refractivity contribution in [2.45, 2.75) is 13.8 Å². The van der Waals surface area contributed by atoms with E-state index in [2.05, 4.69) is 15.8 Å². The quantitative estimate of drug-likeness (QED) is 0.383. The van der Waals surface area contributed by atoms with Crippen molar-refractivity contribution in [3.05, 3.63) is 81.6 Å². The molecule has 0 spiro atoms. The van der Waals surface area contributed by atoms with Crippen LogP contribution >= 0.6 is 0 Å². The molecule has 0 unspecified atom stereocenters. The molecule has 2 aromatic carbocycles. The summed E-state index contributed by atoms with van der Waals surface area (Å²) in [6.07, 6.45) is 1.35. The number of rotatable bonds is 5. The normalized spacial score (nSPS) is 10.8. The molecule has 2 amide bonds. The summed E-state index contributed by atoms with van der Waals surface area (Å²) in [4.78, 5) is 22.6. The molecule has 0 aliphatic carbocycles. The van der Waals surface area contributed by atoms with Crippen LogP contribution in [0, 0.1) is 24.0 Å². The number of carbonyl (C=O) groups excluding carboxylic acids is 1. The molecule has 1 aromatic heterocycles. The van der Waals surface area contributed by atoms with Gasteiger partial charge in [0.25, 0.3) is 5.69 Å². The Hall–Kier alpha value is -3.94.